The SMILES string of the molecule is C/C=C\NCC(C)(C)O. The van der Waals surface area contributed by atoms with Gasteiger partial charge in [-0.3, -0.25) is 0 Å². The van der Waals surface area contributed by atoms with Gasteiger partial charge < -0.3 is 10.4 Å². The van der Waals surface area contributed by atoms with Crippen LogP contribution in [0.15, 0.2) is 12.3 Å². The van der Waals surface area contributed by atoms with Gasteiger partial charge in [0.15, 0.2) is 0 Å². The van der Waals surface area contributed by atoms with Gasteiger partial charge in [0.05, 0.1) is 5.60 Å². The Hall–Kier alpha value is -0.500. The van der Waals surface area contributed by atoms with E-state index < -0.39 is 5.60 Å². The van der Waals surface area contributed by atoms with Crippen LogP contribution in [0.5, 0.6) is 0 Å². The van der Waals surface area contributed by atoms with Gasteiger partial charge in [-0.2, -0.15) is 0 Å². The topological polar surface area (TPSA) is 32.3 Å². The van der Waals surface area contributed by atoms with E-state index >= 15 is 0 Å². The molecule has 0 radical (unpaired) electrons. The molecule has 0 atom stereocenters. The average Bonchev–Trinajstić information content (AvgIpc) is 1.63. The minimum absolute atomic E-state index is 0.595. The second kappa shape index (κ2) is 3.51. The summed E-state index contributed by atoms with van der Waals surface area (Å²) in [4.78, 5) is 0. The van der Waals surface area contributed by atoms with E-state index in [1.54, 1.807) is 13.8 Å². The minimum Gasteiger partial charge on any atom is -0.389 e. The van der Waals surface area contributed by atoms with Crippen LogP contribution in [0.4, 0.5) is 0 Å². The molecule has 0 aromatic rings. The summed E-state index contributed by atoms with van der Waals surface area (Å²) in [5.41, 5.74) is -0.612. The Labute approximate surface area is 56.6 Å². The van der Waals surface area contributed by atoms with Crippen molar-refractivity contribution in [3.63, 3.8) is 0 Å². The average molecular weight is 129 g/mol. The lowest BCUT2D eigenvalue weighted by molar-refractivity contribution is 0.0835. The predicted molar refractivity (Wildman–Crippen MR) is 39.1 cm³/mol. The van der Waals surface area contributed by atoms with Crippen molar-refractivity contribution in [1.29, 1.82) is 0 Å². The molecule has 0 saturated heterocycles. The van der Waals surface area contributed by atoms with Crippen LogP contribution in [0, 0.1) is 0 Å². The molecule has 0 aromatic heterocycles. The third-order valence-electron chi connectivity index (χ3n) is 0.819. The molecular formula is C7H15NO. The van der Waals surface area contributed by atoms with Crippen molar-refractivity contribution >= 4 is 0 Å². The zero-order valence-corrected chi connectivity index (χ0v) is 6.31. The van der Waals surface area contributed by atoms with Crippen molar-refractivity contribution in [3.8, 4) is 0 Å². The molecule has 2 heteroatoms. The summed E-state index contributed by atoms with van der Waals surface area (Å²) in [5.74, 6) is 0. The summed E-state index contributed by atoms with van der Waals surface area (Å²) in [6.07, 6.45) is 3.71. The second-order valence-corrected chi connectivity index (χ2v) is 2.69. The number of hydrogen-bond acceptors (Lipinski definition) is 2. The molecule has 2 N–H and O–H groups in total. The molecule has 54 valence electrons. The van der Waals surface area contributed by atoms with Crippen LogP contribution >= 0.6 is 0 Å². The van der Waals surface area contributed by atoms with E-state index in [2.05, 4.69) is 5.32 Å². The molecule has 0 heterocycles. The molecule has 0 aromatic carbocycles. The zero-order valence-electron chi connectivity index (χ0n) is 6.31. The van der Waals surface area contributed by atoms with Crippen LogP contribution in [-0.4, -0.2) is 17.3 Å². The van der Waals surface area contributed by atoms with Crippen molar-refractivity contribution < 1.29 is 5.11 Å². The quantitative estimate of drug-likeness (QED) is 0.593. The summed E-state index contributed by atoms with van der Waals surface area (Å²) in [7, 11) is 0. The number of allylic oxidation sites excluding steroid dienone is 1. The summed E-state index contributed by atoms with van der Waals surface area (Å²) in [6.45, 7) is 6.06. The summed E-state index contributed by atoms with van der Waals surface area (Å²) < 4.78 is 0. The molecule has 0 rings (SSSR count). The first-order chi connectivity index (χ1) is 4.06. The first-order valence-corrected chi connectivity index (χ1v) is 3.13. The third-order valence-corrected chi connectivity index (χ3v) is 0.819. The molecule has 9 heavy (non-hydrogen) atoms. The smallest absolute Gasteiger partial charge is 0.0763 e. The molecule has 0 aliphatic rings. The van der Waals surface area contributed by atoms with Gasteiger partial charge in [0, 0.05) is 6.54 Å². The summed E-state index contributed by atoms with van der Waals surface area (Å²) >= 11 is 0. The van der Waals surface area contributed by atoms with Crippen molar-refractivity contribution in [1.82, 2.24) is 5.32 Å². The van der Waals surface area contributed by atoms with Gasteiger partial charge >= 0.3 is 0 Å². The Morgan fingerprint density at radius 1 is 1.56 bits per heavy atom. The van der Waals surface area contributed by atoms with E-state index in [1.165, 1.54) is 0 Å². The molecule has 0 unspecified atom stereocenters. The van der Waals surface area contributed by atoms with E-state index in [0.29, 0.717) is 6.54 Å². The van der Waals surface area contributed by atoms with Crippen LogP contribution in [0.25, 0.3) is 0 Å². The van der Waals surface area contributed by atoms with Gasteiger partial charge in [-0.15, -0.1) is 0 Å². The maximum atomic E-state index is 9.15. The van der Waals surface area contributed by atoms with Gasteiger partial charge in [0.2, 0.25) is 0 Å². The lowest BCUT2D eigenvalue weighted by Crippen LogP contribution is -2.31. The Kier molecular flexibility index (Phi) is 3.32. The van der Waals surface area contributed by atoms with Gasteiger partial charge in [0.1, 0.15) is 0 Å². The molecule has 0 aliphatic carbocycles. The van der Waals surface area contributed by atoms with E-state index in [1.807, 2.05) is 19.2 Å². The number of hydrogen-bond donors (Lipinski definition) is 2. The monoisotopic (exact) mass is 129 g/mol. The molecular weight excluding hydrogens is 114 g/mol. The highest BCUT2D eigenvalue weighted by molar-refractivity contribution is 4.78. The first kappa shape index (κ1) is 8.50. The number of nitrogens with one attached hydrogen (secondary N) is 1. The molecule has 0 fully saturated rings. The lowest BCUT2D eigenvalue weighted by atomic mass is 10.1. The maximum Gasteiger partial charge on any atom is 0.0763 e. The van der Waals surface area contributed by atoms with Crippen LogP contribution < -0.4 is 5.32 Å². The van der Waals surface area contributed by atoms with Gasteiger partial charge in [0.25, 0.3) is 0 Å². The zero-order chi connectivity index (χ0) is 7.33. The standard InChI is InChI=1S/C7H15NO/c1-4-5-8-6-7(2,3)9/h4-5,8-9H,6H2,1-3H3/b5-4-. The van der Waals surface area contributed by atoms with E-state index in [0.717, 1.165) is 0 Å². The fourth-order valence-electron chi connectivity index (χ4n) is 0.427. The fraction of sp³-hybridized carbons (Fsp3) is 0.714. The normalized spacial score (nSPS) is 12.4. The largest absolute Gasteiger partial charge is 0.389 e. The van der Waals surface area contributed by atoms with Gasteiger partial charge in [-0.25, -0.2) is 0 Å². The predicted octanol–water partition coefficient (Wildman–Crippen LogP) is 0.881. The Morgan fingerprint density at radius 3 is 2.44 bits per heavy atom. The van der Waals surface area contributed by atoms with Crippen LogP contribution in [0.3, 0.4) is 0 Å². The van der Waals surface area contributed by atoms with Crippen LogP contribution in [-0.2, 0) is 0 Å². The molecule has 2 nitrogen and oxygen atoms in total. The van der Waals surface area contributed by atoms with Gasteiger partial charge in [-0.05, 0) is 27.0 Å². The molecule has 0 bridgehead atoms. The van der Waals surface area contributed by atoms with Crippen LogP contribution in [0.2, 0.25) is 0 Å². The molecule has 0 amide bonds. The highest BCUT2D eigenvalue weighted by atomic mass is 16.3. The van der Waals surface area contributed by atoms with E-state index in [9.17, 15) is 0 Å². The van der Waals surface area contributed by atoms with E-state index in [-0.39, 0.29) is 0 Å². The Bertz CT molecular complexity index is 91.6. The second-order valence-electron chi connectivity index (χ2n) is 2.69. The Balaban J connectivity index is 3.28. The molecule has 0 spiro atoms. The van der Waals surface area contributed by atoms with Crippen molar-refractivity contribution in [2.45, 2.75) is 26.4 Å². The third kappa shape index (κ3) is 7.50. The van der Waals surface area contributed by atoms with Crippen molar-refractivity contribution in [2.24, 2.45) is 0 Å². The Morgan fingerprint density at radius 2 is 2.11 bits per heavy atom. The van der Waals surface area contributed by atoms with Crippen LogP contribution in [0.1, 0.15) is 20.8 Å². The minimum atomic E-state index is -0.612. The first-order valence-electron chi connectivity index (χ1n) is 3.13. The highest BCUT2D eigenvalue weighted by Gasteiger charge is 2.09. The fourth-order valence-corrected chi connectivity index (χ4v) is 0.427. The number of aliphatic hydroxyl groups is 1. The van der Waals surface area contributed by atoms with Crippen molar-refractivity contribution in [2.75, 3.05) is 6.54 Å². The van der Waals surface area contributed by atoms with Gasteiger partial charge in [-0.1, -0.05) is 6.08 Å². The number of rotatable bonds is 3. The maximum absolute atomic E-state index is 9.15. The molecule has 0 saturated carbocycles. The summed E-state index contributed by atoms with van der Waals surface area (Å²) in [5, 5.41) is 12.1. The van der Waals surface area contributed by atoms with E-state index in [4.69, 9.17) is 5.11 Å². The molecule has 0 aliphatic heterocycles. The highest BCUT2D eigenvalue weighted by Crippen LogP contribution is 1.96. The summed E-state index contributed by atoms with van der Waals surface area (Å²) in [6, 6.07) is 0. The lowest BCUT2D eigenvalue weighted by Gasteiger charge is -2.15. The van der Waals surface area contributed by atoms with Crippen molar-refractivity contribution in [3.05, 3.63) is 12.3 Å².